The predicted molar refractivity (Wildman–Crippen MR) is 105 cm³/mol. The number of aliphatic imine (C=N–C) groups is 1. The van der Waals surface area contributed by atoms with Crippen molar-refractivity contribution in [2.24, 2.45) is 4.99 Å². The zero-order chi connectivity index (χ0) is 15.3. The molecule has 1 aromatic carbocycles. The van der Waals surface area contributed by atoms with Crippen LogP contribution >= 0.6 is 35.6 Å². The van der Waals surface area contributed by atoms with Crippen molar-refractivity contribution in [1.29, 1.82) is 0 Å². The van der Waals surface area contributed by atoms with Crippen molar-refractivity contribution in [3.8, 4) is 0 Å². The molecule has 0 atom stereocenters. The number of rotatable bonds is 9. The molecule has 1 rings (SSSR count). The summed E-state index contributed by atoms with van der Waals surface area (Å²) in [6, 6.07) is 7.78. The topological polar surface area (TPSA) is 45.7 Å². The highest BCUT2D eigenvalue weighted by atomic mass is 127. The van der Waals surface area contributed by atoms with E-state index in [9.17, 15) is 0 Å². The summed E-state index contributed by atoms with van der Waals surface area (Å²) in [5, 5.41) is 7.36. The van der Waals surface area contributed by atoms with E-state index in [4.69, 9.17) is 16.3 Å². The number of nitrogens with zero attached hydrogens (tertiary/aromatic N) is 1. The third-order valence-corrected chi connectivity index (χ3v) is 3.25. The molecule has 0 aliphatic heterocycles. The van der Waals surface area contributed by atoms with Crippen LogP contribution < -0.4 is 10.6 Å². The molecule has 0 bridgehead atoms. The fourth-order valence-electron chi connectivity index (χ4n) is 1.86. The van der Waals surface area contributed by atoms with Crippen molar-refractivity contribution in [3.05, 3.63) is 34.9 Å². The standard InChI is InChI=1S/C16H26ClN3O.HI/c1-3-18-16(19-11-5-4-6-12-21-2)20-13-14-7-9-15(17)10-8-14;/h7-10H,3-6,11-13H2,1-2H3,(H2,18,19,20);1H. The molecule has 0 saturated carbocycles. The average Bonchev–Trinajstić information content (AvgIpc) is 2.49. The van der Waals surface area contributed by atoms with Crippen molar-refractivity contribution in [2.75, 3.05) is 26.8 Å². The van der Waals surface area contributed by atoms with Gasteiger partial charge in [0.25, 0.3) is 0 Å². The van der Waals surface area contributed by atoms with Gasteiger partial charge in [-0.05, 0) is 43.9 Å². The summed E-state index contributed by atoms with van der Waals surface area (Å²) < 4.78 is 5.04. The lowest BCUT2D eigenvalue weighted by atomic mass is 10.2. The molecule has 22 heavy (non-hydrogen) atoms. The zero-order valence-electron chi connectivity index (χ0n) is 13.4. The summed E-state index contributed by atoms with van der Waals surface area (Å²) in [4.78, 5) is 4.57. The number of benzene rings is 1. The van der Waals surface area contributed by atoms with E-state index in [1.165, 1.54) is 0 Å². The van der Waals surface area contributed by atoms with E-state index in [-0.39, 0.29) is 24.0 Å². The molecule has 0 unspecified atom stereocenters. The summed E-state index contributed by atoms with van der Waals surface area (Å²) in [5.74, 6) is 0.860. The van der Waals surface area contributed by atoms with Gasteiger partial charge >= 0.3 is 0 Å². The van der Waals surface area contributed by atoms with Crippen LogP contribution in [0.3, 0.4) is 0 Å². The maximum atomic E-state index is 5.88. The number of nitrogens with one attached hydrogen (secondary N) is 2. The fourth-order valence-corrected chi connectivity index (χ4v) is 1.98. The quantitative estimate of drug-likeness (QED) is 0.266. The van der Waals surface area contributed by atoms with Crippen LogP contribution in [0.15, 0.2) is 29.3 Å². The van der Waals surface area contributed by atoms with E-state index in [1.807, 2.05) is 24.3 Å². The third-order valence-electron chi connectivity index (χ3n) is 2.99. The number of halogens is 2. The van der Waals surface area contributed by atoms with Gasteiger partial charge in [-0.15, -0.1) is 24.0 Å². The van der Waals surface area contributed by atoms with Crippen LogP contribution in [0.2, 0.25) is 5.02 Å². The zero-order valence-corrected chi connectivity index (χ0v) is 16.5. The van der Waals surface area contributed by atoms with Gasteiger partial charge in [0, 0.05) is 31.8 Å². The second-order valence-electron chi connectivity index (χ2n) is 4.80. The summed E-state index contributed by atoms with van der Waals surface area (Å²) in [6.07, 6.45) is 3.39. The molecule has 0 saturated heterocycles. The third kappa shape index (κ3) is 10.2. The van der Waals surface area contributed by atoms with Crippen LogP contribution in [-0.2, 0) is 11.3 Å². The minimum Gasteiger partial charge on any atom is -0.385 e. The van der Waals surface area contributed by atoms with E-state index < -0.39 is 0 Å². The summed E-state index contributed by atoms with van der Waals surface area (Å²) in [7, 11) is 1.74. The van der Waals surface area contributed by atoms with Crippen molar-refractivity contribution < 1.29 is 4.74 Å². The molecule has 1 aromatic rings. The maximum Gasteiger partial charge on any atom is 0.191 e. The monoisotopic (exact) mass is 439 g/mol. The van der Waals surface area contributed by atoms with Gasteiger partial charge in [0.1, 0.15) is 0 Å². The van der Waals surface area contributed by atoms with E-state index in [0.717, 1.165) is 55.5 Å². The number of methoxy groups -OCH3 is 1. The molecular formula is C16H27ClIN3O. The van der Waals surface area contributed by atoms with Crippen molar-refractivity contribution in [1.82, 2.24) is 10.6 Å². The summed E-state index contributed by atoms with van der Waals surface area (Å²) >= 11 is 5.88. The van der Waals surface area contributed by atoms with E-state index >= 15 is 0 Å². The number of hydrogen-bond donors (Lipinski definition) is 2. The summed E-state index contributed by atoms with van der Waals surface area (Å²) in [6.45, 7) is 5.34. The maximum absolute atomic E-state index is 5.88. The predicted octanol–water partition coefficient (Wildman–Crippen LogP) is 3.83. The second kappa shape index (κ2) is 14.1. The highest BCUT2D eigenvalue weighted by molar-refractivity contribution is 14.0. The average molecular weight is 440 g/mol. The van der Waals surface area contributed by atoms with Gasteiger partial charge in [0.2, 0.25) is 0 Å². The normalized spacial score (nSPS) is 11.0. The van der Waals surface area contributed by atoms with Gasteiger partial charge in [-0.3, -0.25) is 0 Å². The van der Waals surface area contributed by atoms with E-state index in [0.29, 0.717) is 6.54 Å². The van der Waals surface area contributed by atoms with Crippen molar-refractivity contribution in [3.63, 3.8) is 0 Å². The van der Waals surface area contributed by atoms with Gasteiger partial charge in [-0.2, -0.15) is 0 Å². The molecule has 0 aliphatic rings. The Labute approximate surface area is 156 Å². The van der Waals surface area contributed by atoms with Crippen molar-refractivity contribution in [2.45, 2.75) is 32.7 Å². The van der Waals surface area contributed by atoms with Gasteiger partial charge in [0.15, 0.2) is 5.96 Å². The Morgan fingerprint density at radius 1 is 1.14 bits per heavy atom. The number of ether oxygens (including phenoxy) is 1. The van der Waals surface area contributed by atoms with Gasteiger partial charge < -0.3 is 15.4 Å². The minimum atomic E-state index is 0. The van der Waals surface area contributed by atoms with E-state index in [2.05, 4.69) is 22.5 Å². The molecule has 126 valence electrons. The molecular weight excluding hydrogens is 413 g/mol. The fraction of sp³-hybridized carbons (Fsp3) is 0.562. The molecule has 0 radical (unpaired) electrons. The van der Waals surface area contributed by atoms with Gasteiger partial charge in [0.05, 0.1) is 6.54 Å². The number of unbranched alkanes of at least 4 members (excludes halogenated alkanes) is 2. The van der Waals surface area contributed by atoms with Crippen LogP contribution in [0.1, 0.15) is 31.7 Å². The summed E-state index contributed by atoms with van der Waals surface area (Å²) in [5.41, 5.74) is 1.15. The first-order valence-corrected chi connectivity index (χ1v) is 7.89. The lowest BCUT2D eigenvalue weighted by Gasteiger charge is -2.11. The Kier molecular flexibility index (Phi) is 13.7. The highest BCUT2D eigenvalue weighted by Crippen LogP contribution is 2.10. The lowest BCUT2D eigenvalue weighted by Crippen LogP contribution is -2.37. The minimum absolute atomic E-state index is 0. The largest absolute Gasteiger partial charge is 0.385 e. The Morgan fingerprint density at radius 2 is 1.86 bits per heavy atom. The van der Waals surface area contributed by atoms with Crippen molar-refractivity contribution >= 4 is 41.5 Å². The first-order chi connectivity index (χ1) is 10.3. The number of guanidine groups is 1. The Morgan fingerprint density at radius 3 is 2.50 bits per heavy atom. The molecule has 0 heterocycles. The first kappa shape index (κ1) is 21.5. The molecule has 2 N–H and O–H groups in total. The van der Waals surface area contributed by atoms with Crippen LogP contribution in [0, 0.1) is 0 Å². The molecule has 0 fully saturated rings. The highest BCUT2D eigenvalue weighted by Gasteiger charge is 1.98. The lowest BCUT2D eigenvalue weighted by molar-refractivity contribution is 0.192. The molecule has 0 aliphatic carbocycles. The van der Waals surface area contributed by atoms with Crippen LogP contribution in [0.25, 0.3) is 0 Å². The molecule has 4 nitrogen and oxygen atoms in total. The first-order valence-electron chi connectivity index (χ1n) is 7.51. The van der Waals surface area contributed by atoms with Crippen LogP contribution in [0.4, 0.5) is 0 Å². The SMILES string of the molecule is CCNC(=NCc1ccc(Cl)cc1)NCCCCCOC.I. The molecule has 0 aromatic heterocycles. The Bertz CT molecular complexity index is 412. The van der Waals surface area contributed by atoms with E-state index in [1.54, 1.807) is 7.11 Å². The smallest absolute Gasteiger partial charge is 0.191 e. The number of hydrogen-bond acceptors (Lipinski definition) is 2. The second-order valence-corrected chi connectivity index (χ2v) is 5.24. The molecule has 0 amide bonds. The Balaban J connectivity index is 0.00000441. The van der Waals surface area contributed by atoms with Crippen LogP contribution in [0.5, 0.6) is 0 Å². The molecule has 0 spiro atoms. The Hall–Kier alpha value is -0.530. The molecule has 6 heteroatoms. The van der Waals surface area contributed by atoms with Crippen LogP contribution in [-0.4, -0.2) is 32.8 Å². The van der Waals surface area contributed by atoms with Gasteiger partial charge in [-0.1, -0.05) is 23.7 Å². The van der Waals surface area contributed by atoms with Gasteiger partial charge in [-0.25, -0.2) is 4.99 Å².